The highest BCUT2D eigenvalue weighted by molar-refractivity contribution is 5.74. The number of nitrogens with two attached hydrogens (primary N) is 2. The van der Waals surface area contributed by atoms with Gasteiger partial charge in [-0.25, -0.2) is 0 Å². The van der Waals surface area contributed by atoms with Crippen molar-refractivity contribution in [3.05, 3.63) is 0 Å². The van der Waals surface area contributed by atoms with E-state index in [-0.39, 0.29) is 18.0 Å². The molecule has 4 heteroatoms. The number of amides is 1. The van der Waals surface area contributed by atoms with Crippen molar-refractivity contribution >= 4 is 5.91 Å². The second-order valence-corrected chi connectivity index (χ2v) is 4.20. The van der Waals surface area contributed by atoms with E-state index in [1.807, 2.05) is 0 Å². The Morgan fingerprint density at radius 2 is 2.08 bits per heavy atom. The summed E-state index contributed by atoms with van der Waals surface area (Å²) in [6.07, 6.45) is 0.449. The summed E-state index contributed by atoms with van der Waals surface area (Å²) in [5.41, 5.74) is 10.9. The van der Waals surface area contributed by atoms with Crippen LogP contribution in [0.5, 0.6) is 0 Å². The van der Waals surface area contributed by atoms with Gasteiger partial charge in [0.2, 0.25) is 5.91 Å². The van der Waals surface area contributed by atoms with Crippen LogP contribution in [0.2, 0.25) is 0 Å². The van der Waals surface area contributed by atoms with E-state index >= 15 is 0 Å². The first-order valence-corrected chi connectivity index (χ1v) is 4.78. The van der Waals surface area contributed by atoms with Crippen molar-refractivity contribution in [1.82, 2.24) is 4.90 Å². The van der Waals surface area contributed by atoms with E-state index in [1.165, 1.54) is 0 Å². The Morgan fingerprint density at radius 3 is 2.38 bits per heavy atom. The third-order valence-electron chi connectivity index (χ3n) is 2.59. The van der Waals surface area contributed by atoms with Crippen LogP contribution in [0, 0.1) is 5.92 Å². The van der Waals surface area contributed by atoms with Gasteiger partial charge in [0.1, 0.15) is 0 Å². The van der Waals surface area contributed by atoms with Crippen LogP contribution in [-0.2, 0) is 4.79 Å². The molecule has 13 heavy (non-hydrogen) atoms. The van der Waals surface area contributed by atoms with Gasteiger partial charge in [-0.05, 0) is 5.92 Å². The van der Waals surface area contributed by atoms with E-state index in [1.54, 1.807) is 0 Å². The zero-order valence-corrected chi connectivity index (χ0v) is 8.36. The molecule has 1 rings (SSSR count). The van der Waals surface area contributed by atoms with Crippen molar-refractivity contribution in [2.45, 2.75) is 32.4 Å². The molecule has 4 N–H and O–H groups in total. The number of nitrogens with zero attached hydrogens (tertiary/aromatic N) is 1. The Labute approximate surface area is 79.3 Å². The minimum absolute atomic E-state index is 0.223. The van der Waals surface area contributed by atoms with E-state index in [4.69, 9.17) is 11.5 Å². The smallest absolute Gasteiger partial charge is 0.219 e. The predicted molar refractivity (Wildman–Crippen MR) is 52.0 cm³/mol. The molecule has 1 amide bonds. The lowest BCUT2D eigenvalue weighted by Crippen LogP contribution is -2.61. The first kappa shape index (κ1) is 10.5. The molecule has 1 heterocycles. The Morgan fingerprint density at radius 1 is 1.54 bits per heavy atom. The fourth-order valence-electron chi connectivity index (χ4n) is 1.81. The minimum Gasteiger partial charge on any atom is -0.370 e. The van der Waals surface area contributed by atoms with Gasteiger partial charge in [0.05, 0.1) is 0 Å². The van der Waals surface area contributed by atoms with Crippen LogP contribution in [0.3, 0.4) is 0 Å². The molecule has 1 fully saturated rings. The number of primary amides is 1. The van der Waals surface area contributed by atoms with E-state index in [0.717, 1.165) is 13.1 Å². The van der Waals surface area contributed by atoms with Gasteiger partial charge in [0.15, 0.2) is 0 Å². The summed E-state index contributed by atoms with van der Waals surface area (Å²) in [6.45, 7) is 6.02. The second kappa shape index (κ2) is 4.07. The van der Waals surface area contributed by atoms with Crippen LogP contribution in [-0.4, -0.2) is 36.0 Å². The van der Waals surface area contributed by atoms with Crippen molar-refractivity contribution in [3.8, 4) is 0 Å². The molecule has 1 unspecified atom stereocenters. The number of carbonyl (C=O) groups is 1. The quantitative estimate of drug-likeness (QED) is 0.622. The highest BCUT2D eigenvalue weighted by Crippen LogP contribution is 2.19. The molecule has 0 radical (unpaired) electrons. The molecule has 1 atom stereocenters. The molecule has 0 bridgehead atoms. The van der Waals surface area contributed by atoms with Gasteiger partial charge in [-0.1, -0.05) is 13.8 Å². The van der Waals surface area contributed by atoms with Gasteiger partial charge in [-0.2, -0.15) is 0 Å². The molecular formula is C9H19N3O. The van der Waals surface area contributed by atoms with Crippen LogP contribution in [0.15, 0.2) is 0 Å². The number of carbonyl (C=O) groups excluding carboxylic acids is 1. The number of likely N-dealkylation sites (tertiary alicyclic amines) is 1. The standard InChI is InChI=1S/C9H19N3O/c1-6(2)8(3-9(11)13)12-4-7(10)5-12/h6-8H,3-5,10H2,1-2H3,(H2,11,13). The molecule has 0 spiro atoms. The topological polar surface area (TPSA) is 72.4 Å². The molecule has 0 aromatic carbocycles. The lowest BCUT2D eigenvalue weighted by atomic mass is 9.94. The predicted octanol–water partition coefficient (Wildman–Crippen LogP) is -0.471. The lowest BCUT2D eigenvalue weighted by molar-refractivity contribution is -0.120. The van der Waals surface area contributed by atoms with Crippen LogP contribution < -0.4 is 11.5 Å². The zero-order valence-electron chi connectivity index (χ0n) is 8.36. The molecule has 0 saturated carbocycles. The molecule has 0 aromatic heterocycles. The Kier molecular flexibility index (Phi) is 3.27. The van der Waals surface area contributed by atoms with Crippen molar-refractivity contribution in [2.75, 3.05) is 13.1 Å². The number of rotatable bonds is 4. The second-order valence-electron chi connectivity index (χ2n) is 4.20. The third-order valence-corrected chi connectivity index (χ3v) is 2.59. The maximum Gasteiger partial charge on any atom is 0.219 e. The van der Waals surface area contributed by atoms with Crippen molar-refractivity contribution in [3.63, 3.8) is 0 Å². The summed E-state index contributed by atoms with van der Waals surface area (Å²) in [5.74, 6) is 0.235. The summed E-state index contributed by atoms with van der Waals surface area (Å²) in [7, 11) is 0. The van der Waals surface area contributed by atoms with E-state index in [2.05, 4.69) is 18.7 Å². The maximum absolute atomic E-state index is 10.8. The Balaban J connectivity index is 2.43. The first-order chi connectivity index (χ1) is 6.00. The van der Waals surface area contributed by atoms with E-state index < -0.39 is 0 Å². The molecule has 4 nitrogen and oxygen atoms in total. The van der Waals surface area contributed by atoms with Gasteiger partial charge in [0, 0.05) is 31.6 Å². The van der Waals surface area contributed by atoms with Gasteiger partial charge in [0.25, 0.3) is 0 Å². The molecular weight excluding hydrogens is 166 g/mol. The molecule has 76 valence electrons. The van der Waals surface area contributed by atoms with E-state index in [0.29, 0.717) is 12.3 Å². The molecule has 1 aliphatic rings. The van der Waals surface area contributed by atoms with Crippen molar-refractivity contribution < 1.29 is 4.79 Å². The summed E-state index contributed by atoms with van der Waals surface area (Å²) >= 11 is 0. The molecule has 1 aliphatic heterocycles. The van der Waals surface area contributed by atoms with Crippen LogP contribution in [0.25, 0.3) is 0 Å². The van der Waals surface area contributed by atoms with Crippen LogP contribution in [0.1, 0.15) is 20.3 Å². The van der Waals surface area contributed by atoms with Crippen LogP contribution in [0.4, 0.5) is 0 Å². The average molecular weight is 185 g/mol. The SMILES string of the molecule is CC(C)C(CC(N)=O)N1CC(N)C1. The van der Waals surface area contributed by atoms with E-state index in [9.17, 15) is 4.79 Å². The Hall–Kier alpha value is -0.610. The number of hydrogen-bond acceptors (Lipinski definition) is 3. The highest BCUT2D eigenvalue weighted by atomic mass is 16.1. The zero-order chi connectivity index (χ0) is 10.0. The average Bonchev–Trinajstić information content (AvgIpc) is 1.94. The van der Waals surface area contributed by atoms with Gasteiger partial charge in [-0.15, -0.1) is 0 Å². The lowest BCUT2D eigenvalue weighted by Gasteiger charge is -2.44. The monoisotopic (exact) mass is 185 g/mol. The summed E-state index contributed by atoms with van der Waals surface area (Å²) in [4.78, 5) is 13.0. The Bertz CT molecular complexity index is 187. The number of hydrogen-bond donors (Lipinski definition) is 2. The largest absolute Gasteiger partial charge is 0.370 e. The fourth-order valence-corrected chi connectivity index (χ4v) is 1.81. The molecule has 0 aromatic rings. The van der Waals surface area contributed by atoms with Gasteiger partial charge >= 0.3 is 0 Å². The maximum atomic E-state index is 10.8. The first-order valence-electron chi connectivity index (χ1n) is 4.78. The normalized spacial score (nSPS) is 21.5. The van der Waals surface area contributed by atoms with Crippen molar-refractivity contribution in [2.24, 2.45) is 17.4 Å². The highest BCUT2D eigenvalue weighted by Gasteiger charge is 2.32. The summed E-state index contributed by atoms with van der Waals surface area (Å²) in [5, 5.41) is 0. The minimum atomic E-state index is -0.223. The van der Waals surface area contributed by atoms with Crippen LogP contribution >= 0.6 is 0 Å². The van der Waals surface area contributed by atoms with Gasteiger partial charge < -0.3 is 11.5 Å². The summed E-state index contributed by atoms with van der Waals surface area (Å²) < 4.78 is 0. The summed E-state index contributed by atoms with van der Waals surface area (Å²) in [6, 6.07) is 0.562. The fraction of sp³-hybridized carbons (Fsp3) is 0.889. The molecule has 0 aliphatic carbocycles. The van der Waals surface area contributed by atoms with Crippen molar-refractivity contribution in [1.29, 1.82) is 0 Å². The third kappa shape index (κ3) is 2.67. The molecule has 1 saturated heterocycles. The van der Waals surface area contributed by atoms with Gasteiger partial charge in [-0.3, -0.25) is 9.69 Å².